The lowest BCUT2D eigenvalue weighted by atomic mass is 10.0. The number of aryl methyl sites for hydroxylation is 1. The van der Waals surface area contributed by atoms with Gasteiger partial charge in [-0.25, -0.2) is 8.78 Å². The van der Waals surface area contributed by atoms with E-state index >= 15 is 0 Å². The molecule has 0 saturated heterocycles. The highest BCUT2D eigenvalue weighted by atomic mass is 79.9. The van der Waals surface area contributed by atoms with Crippen LogP contribution >= 0.6 is 15.9 Å². The molecule has 25 heavy (non-hydrogen) atoms. The number of fused-ring (bicyclic) bond motifs is 1. The second-order valence-electron chi connectivity index (χ2n) is 5.86. The lowest BCUT2D eigenvalue weighted by Crippen LogP contribution is -2.39. The zero-order valence-electron chi connectivity index (χ0n) is 13.3. The normalized spacial score (nSPS) is 14.9. The molecule has 2 aromatic carbocycles. The summed E-state index contributed by atoms with van der Waals surface area (Å²) >= 11 is 3.23. The second-order valence-corrected chi connectivity index (χ2v) is 8.17. The molecule has 0 saturated carbocycles. The number of amides is 1. The number of hydrogen-bond acceptors (Lipinski definition) is 2. The summed E-state index contributed by atoms with van der Waals surface area (Å²) in [7, 11) is -1.47. The van der Waals surface area contributed by atoms with Crippen molar-refractivity contribution in [1.29, 1.82) is 0 Å². The van der Waals surface area contributed by atoms with E-state index in [0.717, 1.165) is 18.4 Å². The van der Waals surface area contributed by atoms with Crippen LogP contribution in [-0.2, 0) is 27.8 Å². The molecule has 0 bridgehead atoms. The summed E-state index contributed by atoms with van der Waals surface area (Å²) < 4.78 is 40.1. The molecule has 2 aromatic rings. The predicted octanol–water partition coefficient (Wildman–Crippen LogP) is 3.96. The van der Waals surface area contributed by atoms with Crippen molar-refractivity contribution in [2.45, 2.75) is 18.6 Å². The molecule has 0 fully saturated rings. The number of carbonyl (C=O) groups excluding carboxylic acids is 1. The number of hydrogen-bond donors (Lipinski definition) is 0. The first-order valence-electron chi connectivity index (χ1n) is 7.82. The molecule has 0 radical (unpaired) electrons. The molecule has 1 aliphatic rings. The first-order valence-corrected chi connectivity index (χ1v) is 10.1. The Labute approximate surface area is 155 Å². The summed E-state index contributed by atoms with van der Waals surface area (Å²) in [5.74, 6) is -1.25. The van der Waals surface area contributed by atoms with Gasteiger partial charge in [0.1, 0.15) is 17.4 Å². The molecule has 0 unspecified atom stereocenters. The quantitative estimate of drug-likeness (QED) is 0.740. The summed E-state index contributed by atoms with van der Waals surface area (Å²) in [6.07, 6.45) is 1.47. The standard InChI is InChI=1S/C18H16BrF2NO2S/c19-15-9-14(20)7-6-13(15)10-25(24)11-17(23)22-8-2-4-12-3-1-5-16(21)18(12)22/h1,3,5-7,9H,2,4,8,10-11H2/t25-/m1/s1. The first kappa shape index (κ1) is 18.2. The minimum Gasteiger partial charge on any atom is -0.309 e. The smallest absolute Gasteiger partial charge is 0.239 e. The number of carbonyl (C=O) groups is 1. The number of nitrogens with zero attached hydrogens (tertiary/aromatic N) is 1. The minimum atomic E-state index is -1.47. The van der Waals surface area contributed by atoms with Crippen LogP contribution in [0.2, 0.25) is 0 Å². The fraction of sp³-hybridized carbons (Fsp3) is 0.278. The Hall–Kier alpha value is -1.60. The van der Waals surface area contributed by atoms with E-state index < -0.39 is 22.4 Å². The maximum Gasteiger partial charge on any atom is 0.239 e. The van der Waals surface area contributed by atoms with E-state index in [1.807, 2.05) is 6.07 Å². The number of anilines is 1. The topological polar surface area (TPSA) is 37.4 Å². The summed E-state index contributed by atoms with van der Waals surface area (Å²) in [6.45, 7) is 0.421. The molecule has 3 nitrogen and oxygen atoms in total. The van der Waals surface area contributed by atoms with Gasteiger partial charge in [0, 0.05) is 21.8 Å². The van der Waals surface area contributed by atoms with Crippen LogP contribution in [-0.4, -0.2) is 22.4 Å². The number of rotatable bonds is 4. The van der Waals surface area contributed by atoms with Crippen LogP contribution in [0.5, 0.6) is 0 Å². The monoisotopic (exact) mass is 427 g/mol. The van der Waals surface area contributed by atoms with Gasteiger partial charge in [-0.05, 0) is 42.2 Å². The first-order chi connectivity index (χ1) is 12.0. The summed E-state index contributed by atoms with van der Waals surface area (Å²) in [4.78, 5) is 13.9. The minimum absolute atomic E-state index is 0.130. The van der Waals surface area contributed by atoms with Gasteiger partial charge in [0.25, 0.3) is 0 Å². The third kappa shape index (κ3) is 4.15. The van der Waals surface area contributed by atoms with Crippen molar-refractivity contribution >= 4 is 38.3 Å². The van der Waals surface area contributed by atoms with Gasteiger partial charge in [0.2, 0.25) is 5.91 Å². The molecule has 1 aliphatic heterocycles. The van der Waals surface area contributed by atoms with Crippen molar-refractivity contribution in [2.75, 3.05) is 17.2 Å². The van der Waals surface area contributed by atoms with Crippen LogP contribution in [0, 0.1) is 11.6 Å². The van der Waals surface area contributed by atoms with E-state index in [9.17, 15) is 17.8 Å². The summed E-state index contributed by atoms with van der Waals surface area (Å²) in [5.41, 5.74) is 1.77. The van der Waals surface area contributed by atoms with Gasteiger partial charge in [-0.3, -0.25) is 9.00 Å². The van der Waals surface area contributed by atoms with Crippen molar-refractivity contribution in [3.05, 3.63) is 63.6 Å². The third-order valence-corrected chi connectivity index (χ3v) is 6.03. The van der Waals surface area contributed by atoms with Gasteiger partial charge in [0.15, 0.2) is 0 Å². The SMILES string of the molecule is O=C(C[S@](=O)Cc1ccc(F)cc1Br)N1CCCc2cccc(F)c21. The average Bonchev–Trinajstić information content (AvgIpc) is 2.57. The van der Waals surface area contributed by atoms with Crippen LogP contribution in [0.15, 0.2) is 40.9 Å². The molecule has 1 heterocycles. The summed E-state index contributed by atoms with van der Waals surface area (Å²) in [5, 5.41) is 0. The Balaban J connectivity index is 1.72. The van der Waals surface area contributed by atoms with Gasteiger partial charge in [-0.1, -0.05) is 34.1 Å². The van der Waals surface area contributed by atoms with Crippen LogP contribution < -0.4 is 4.90 Å². The van der Waals surface area contributed by atoms with Crippen molar-refractivity contribution in [3.63, 3.8) is 0 Å². The largest absolute Gasteiger partial charge is 0.309 e. The highest BCUT2D eigenvalue weighted by Gasteiger charge is 2.26. The van der Waals surface area contributed by atoms with E-state index in [1.54, 1.807) is 6.07 Å². The lowest BCUT2D eigenvalue weighted by Gasteiger charge is -2.29. The molecular formula is C18H16BrF2NO2S. The second kappa shape index (κ2) is 7.74. The molecule has 7 heteroatoms. The highest BCUT2D eigenvalue weighted by Crippen LogP contribution is 2.30. The van der Waals surface area contributed by atoms with Gasteiger partial charge >= 0.3 is 0 Å². The zero-order chi connectivity index (χ0) is 18.0. The highest BCUT2D eigenvalue weighted by molar-refractivity contribution is 9.10. The third-order valence-electron chi connectivity index (χ3n) is 4.09. The van der Waals surface area contributed by atoms with Gasteiger partial charge < -0.3 is 4.90 Å². The molecule has 0 N–H and O–H groups in total. The fourth-order valence-corrected chi connectivity index (χ4v) is 4.74. The van der Waals surface area contributed by atoms with Crippen molar-refractivity contribution in [2.24, 2.45) is 0 Å². The zero-order valence-corrected chi connectivity index (χ0v) is 15.7. The Morgan fingerprint density at radius 2 is 2.04 bits per heavy atom. The summed E-state index contributed by atoms with van der Waals surface area (Å²) in [6, 6.07) is 8.89. The molecule has 0 aliphatic carbocycles. The van der Waals surface area contributed by atoms with Gasteiger partial charge in [0.05, 0.1) is 11.4 Å². The van der Waals surface area contributed by atoms with E-state index in [4.69, 9.17) is 0 Å². The molecular weight excluding hydrogens is 412 g/mol. The Morgan fingerprint density at radius 1 is 1.24 bits per heavy atom. The van der Waals surface area contributed by atoms with Crippen molar-refractivity contribution < 1.29 is 17.8 Å². The van der Waals surface area contributed by atoms with Crippen LogP contribution in [0.1, 0.15) is 17.5 Å². The molecule has 132 valence electrons. The van der Waals surface area contributed by atoms with Crippen LogP contribution in [0.4, 0.5) is 14.5 Å². The molecule has 1 atom stereocenters. The fourth-order valence-electron chi connectivity index (χ4n) is 2.93. The van der Waals surface area contributed by atoms with Gasteiger partial charge in [-0.15, -0.1) is 0 Å². The van der Waals surface area contributed by atoms with Gasteiger partial charge in [-0.2, -0.15) is 0 Å². The van der Waals surface area contributed by atoms with E-state index in [2.05, 4.69) is 15.9 Å². The van der Waals surface area contributed by atoms with Crippen molar-refractivity contribution in [3.8, 4) is 0 Å². The lowest BCUT2D eigenvalue weighted by molar-refractivity contribution is -0.116. The Bertz CT molecular complexity index is 844. The number of halogens is 3. The molecule has 3 rings (SSSR count). The maximum absolute atomic E-state index is 14.1. The van der Waals surface area contributed by atoms with E-state index in [0.29, 0.717) is 22.3 Å². The van der Waals surface area contributed by atoms with E-state index in [-0.39, 0.29) is 17.4 Å². The number of para-hydroxylation sites is 1. The van der Waals surface area contributed by atoms with Crippen LogP contribution in [0.25, 0.3) is 0 Å². The Morgan fingerprint density at radius 3 is 2.80 bits per heavy atom. The molecule has 1 amide bonds. The number of benzene rings is 2. The average molecular weight is 428 g/mol. The maximum atomic E-state index is 14.1. The van der Waals surface area contributed by atoms with Crippen LogP contribution in [0.3, 0.4) is 0 Å². The molecule has 0 spiro atoms. The Kier molecular flexibility index (Phi) is 5.64. The van der Waals surface area contributed by atoms with E-state index in [1.165, 1.54) is 29.2 Å². The predicted molar refractivity (Wildman–Crippen MR) is 97.9 cm³/mol. The molecule has 0 aromatic heterocycles. The van der Waals surface area contributed by atoms with Crippen molar-refractivity contribution in [1.82, 2.24) is 0 Å².